The lowest BCUT2D eigenvalue weighted by Gasteiger charge is -2.16. The van der Waals surface area contributed by atoms with Crippen molar-refractivity contribution in [3.05, 3.63) is 23.0 Å². The molecule has 0 aliphatic heterocycles. The van der Waals surface area contributed by atoms with Crippen LogP contribution in [0.25, 0.3) is 0 Å². The maximum absolute atomic E-state index is 11.6. The second-order valence-corrected chi connectivity index (χ2v) is 4.24. The number of hydrogen-bond acceptors (Lipinski definition) is 1. The second kappa shape index (κ2) is 4.84. The van der Waals surface area contributed by atoms with Crippen molar-refractivity contribution in [2.75, 3.05) is 5.88 Å². The average Bonchev–Trinajstić information content (AvgIpc) is 2.52. The first-order valence-electron chi connectivity index (χ1n) is 5.30. The first kappa shape index (κ1) is 12.3. The van der Waals surface area contributed by atoms with Gasteiger partial charge in [-0.1, -0.05) is 6.92 Å². The molecule has 0 aliphatic rings. The predicted octanol–water partition coefficient (Wildman–Crippen LogP) is 3.50. The summed E-state index contributed by atoms with van der Waals surface area (Å²) in [6.45, 7) is 8.32. The van der Waals surface area contributed by atoms with Crippen molar-refractivity contribution in [3.8, 4) is 0 Å². The van der Waals surface area contributed by atoms with Crippen LogP contribution in [-0.2, 0) is 0 Å². The Hall–Kier alpha value is -0.760. The second-order valence-electron chi connectivity index (χ2n) is 3.97. The minimum atomic E-state index is 0.0133. The quantitative estimate of drug-likeness (QED) is 0.570. The van der Waals surface area contributed by atoms with Gasteiger partial charge in [-0.25, -0.2) is 0 Å². The molecule has 0 aromatic carbocycles. The Morgan fingerprint density at radius 1 is 1.53 bits per heavy atom. The Balaban J connectivity index is 3.20. The molecule has 1 atom stereocenters. The van der Waals surface area contributed by atoms with Crippen LogP contribution >= 0.6 is 11.6 Å². The Morgan fingerprint density at radius 2 is 2.13 bits per heavy atom. The Kier molecular flexibility index (Phi) is 3.97. The van der Waals surface area contributed by atoms with E-state index in [0.717, 1.165) is 23.4 Å². The van der Waals surface area contributed by atoms with E-state index in [1.54, 1.807) is 0 Å². The van der Waals surface area contributed by atoms with Crippen LogP contribution in [-0.4, -0.2) is 16.2 Å². The Bertz CT molecular complexity index is 368. The van der Waals surface area contributed by atoms with E-state index in [2.05, 4.69) is 18.4 Å². The molecule has 2 nitrogen and oxygen atoms in total. The molecule has 1 aromatic rings. The van der Waals surface area contributed by atoms with Crippen LogP contribution in [0.3, 0.4) is 0 Å². The summed E-state index contributed by atoms with van der Waals surface area (Å²) in [6.07, 6.45) is 1.06. The van der Waals surface area contributed by atoms with Crippen LogP contribution in [0, 0.1) is 13.8 Å². The average molecular weight is 228 g/mol. The Labute approximate surface area is 96.2 Å². The molecular weight excluding hydrogens is 210 g/mol. The molecule has 0 aliphatic carbocycles. The molecule has 0 spiro atoms. The molecular formula is C12H18ClNO. The van der Waals surface area contributed by atoms with E-state index in [0.29, 0.717) is 6.04 Å². The first-order valence-corrected chi connectivity index (χ1v) is 5.83. The minimum Gasteiger partial charge on any atom is -0.346 e. The molecule has 1 aromatic heterocycles. The van der Waals surface area contributed by atoms with E-state index in [9.17, 15) is 4.79 Å². The number of aryl methyl sites for hydroxylation is 1. The number of halogens is 1. The van der Waals surface area contributed by atoms with Gasteiger partial charge < -0.3 is 4.57 Å². The lowest BCUT2D eigenvalue weighted by atomic mass is 10.2. The summed E-state index contributed by atoms with van der Waals surface area (Å²) in [5, 5.41) is 0. The van der Waals surface area contributed by atoms with Crippen molar-refractivity contribution in [3.63, 3.8) is 0 Å². The van der Waals surface area contributed by atoms with Gasteiger partial charge in [0.05, 0.1) is 5.88 Å². The number of ketones is 1. The number of Topliss-reactive ketones (excluding diaryl/α,β-unsaturated/α-hetero) is 1. The zero-order valence-corrected chi connectivity index (χ0v) is 10.6. The van der Waals surface area contributed by atoms with Crippen LogP contribution in [0.2, 0.25) is 0 Å². The molecule has 0 bridgehead atoms. The van der Waals surface area contributed by atoms with E-state index in [1.807, 2.05) is 19.9 Å². The van der Waals surface area contributed by atoms with Crippen molar-refractivity contribution >= 4 is 17.4 Å². The van der Waals surface area contributed by atoms with E-state index >= 15 is 0 Å². The summed E-state index contributed by atoms with van der Waals surface area (Å²) in [7, 11) is 0. The highest BCUT2D eigenvalue weighted by atomic mass is 35.5. The van der Waals surface area contributed by atoms with Crippen molar-refractivity contribution in [2.45, 2.75) is 40.2 Å². The minimum absolute atomic E-state index is 0.0133. The smallest absolute Gasteiger partial charge is 0.179 e. The highest BCUT2D eigenvalue weighted by Gasteiger charge is 2.16. The highest BCUT2D eigenvalue weighted by molar-refractivity contribution is 6.30. The van der Waals surface area contributed by atoms with Gasteiger partial charge in [-0.3, -0.25) is 4.79 Å². The maximum Gasteiger partial charge on any atom is 0.179 e. The lowest BCUT2D eigenvalue weighted by Crippen LogP contribution is -2.09. The van der Waals surface area contributed by atoms with E-state index in [-0.39, 0.29) is 11.7 Å². The number of carbonyl (C=O) groups excluding carboxylic acids is 1. The molecule has 0 radical (unpaired) electrons. The molecule has 0 saturated carbocycles. The van der Waals surface area contributed by atoms with Gasteiger partial charge >= 0.3 is 0 Å². The molecule has 0 amide bonds. The van der Waals surface area contributed by atoms with Gasteiger partial charge in [-0.2, -0.15) is 0 Å². The number of nitrogens with zero attached hydrogens (tertiary/aromatic N) is 1. The van der Waals surface area contributed by atoms with Crippen molar-refractivity contribution < 1.29 is 4.79 Å². The SMILES string of the molecule is CCC(C)n1c(C)cc(C(=O)CCl)c1C. The summed E-state index contributed by atoms with van der Waals surface area (Å²) in [5.74, 6) is 0.0736. The molecule has 0 fully saturated rings. The van der Waals surface area contributed by atoms with E-state index < -0.39 is 0 Å². The fraction of sp³-hybridized carbons (Fsp3) is 0.583. The molecule has 1 unspecified atom stereocenters. The molecule has 1 heterocycles. The summed E-state index contributed by atoms with van der Waals surface area (Å²) >= 11 is 5.57. The zero-order chi connectivity index (χ0) is 11.6. The topological polar surface area (TPSA) is 22.0 Å². The maximum atomic E-state index is 11.6. The third-order valence-corrected chi connectivity index (χ3v) is 3.18. The first-order chi connectivity index (χ1) is 7.02. The number of aromatic nitrogens is 1. The third kappa shape index (κ3) is 2.25. The number of alkyl halides is 1. The van der Waals surface area contributed by atoms with Gasteiger partial charge in [0, 0.05) is 23.0 Å². The van der Waals surface area contributed by atoms with E-state index in [1.165, 1.54) is 0 Å². The third-order valence-electron chi connectivity index (χ3n) is 2.94. The van der Waals surface area contributed by atoms with Crippen LogP contribution in [0.15, 0.2) is 6.07 Å². The zero-order valence-electron chi connectivity index (χ0n) is 9.80. The van der Waals surface area contributed by atoms with Gasteiger partial charge in [0.25, 0.3) is 0 Å². The number of carbonyl (C=O) groups is 1. The van der Waals surface area contributed by atoms with Gasteiger partial charge in [0.15, 0.2) is 5.78 Å². The molecule has 0 saturated heterocycles. The largest absolute Gasteiger partial charge is 0.346 e. The lowest BCUT2D eigenvalue weighted by molar-refractivity contribution is 0.102. The van der Waals surface area contributed by atoms with Crippen LogP contribution in [0.5, 0.6) is 0 Å². The highest BCUT2D eigenvalue weighted by Crippen LogP contribution is 2.22. The summed E-state index contributed by atoms with van der Waals surface area (Å²) in [6, 6.07) is 2.37. The molecule has 3 heteroatoms. The fourth-order valence-electron chi connectivity index (χ4n) is 1.99. The van der Waals surface area contributed by atoms with Crippen molar-refractivity contribution in [1.82, 2.24) is 4.57 Å². The fourth-order valence-corrected chi connectivity index (χ4v) is 2.14. The number of rotatable bonds is 4. The van der Waals surface area contributed by atoms with Crippen LogP contribution in [0.4, 0.5) is 0 Å². The van der Waals surface area contributed by atoms with Crippen LogP contribution < -0.4 is 0 Å². The van der Waals surface area contributed by atoms with Gasteiger partial charge in [-0.15, -0.1) is 11.6 Å². The number of hydrogen-bond donors (Lipinski definition) is 0. The molecule has 84 valence electrons. The van der Waals surface area contributed by atoms with Crippen molar-refractivity contribution in [2.24, 2.45) is 0 Å². The molecule has 1 rings (SSSR count). The normalized spacial score (nSPS) is 12.9. The standard InChI is InChI=1S/C12H18ClNO/c1-5-8(2)14-9(3)6-11(10(14)4)12(15)7-13/h6,8H,5,7H2,1-4H3. The predicted molar refractivity (Wildman–Crippen MR) is 64.0 cm³/mol. The summed E-state index contributed by atoms with van der Waals surface area (Å²) in [4.78, 5) is 11.6. The van der Waals surface area contributed by atoms with Crippen molar-refractivity contribution in [1.29, 1.82) is 0 Å². The van der Waals surface area contributed by atoms with E-state index in [4.69, 9.17) is 11.6 Å². The summed E-state index contributed by atoms with van der Waals surface area (Å²) < 4.78 is 2.21. The van der Waals surface area contributed by atoms with Crippen LogP contribution in [0.1, 0.15) is 48.1 Å². The molecule has 0 N–H and O–H groups in total. The van der Waals surface area contributed by atoms with Gasteiger partial charge in [0.2, 0.25) is 0 Å². The monoisotopic (exact) mass is 227 g/mol. The summed E-state index contributed by atoms with van der Waals surface area (Å²) in [5.41, 5.74) is 2.94. The molecule has 15 heavy (non-hydrogen) atoms. The van der Waals surface area contributed by atoms with Gasteiger partial charge in [0.1, 0.15) is 0 Å². The Morgan fingerprint density at radius 3 is 2.60 bits per heavy atom. The van der Waals surface area contributed by atoms with Gasteiger partial charge in [-0.05, 0) is 33.3 Å².